The molecule has 0 saturated carbocycles. The summed E-state index contributed by atoms with van der Waals surface area (Å²) in [4.78, 5) is 29.0. The highest BCUT2D eigenvalue weighted by Gasteiger charge is 2.31. The minimum absolute atomic E-state index is 0.00555. The van der Waals surface area contributed by atoms with Gasteiger partial charge in [-0.15, -0.1) is 0 Å². The largest absolute Gasteiger partial charge is 0.482 e. The smallest absolute Gasteiger partial charge is 0.416 e. The maximum atomic E-state index is 13.4. The molecule has 0 bridgehead atoms. The number of hydrogen-bond acceptors (Lipinski definition) is 8. The zero-order valence-electron chi connectivity index (χ0n) is 21.9. The molecule has 0 saturated heterocycles. The number of para-hydroxylation sites is 1. The van der Waals surface area contributed by atoms with Crippen molar-refractivity contribution >= 4 is 22.8 Å². The zero-order chi connectivity index (χ0) is 30.1. The molecule has 43 heavy (non-hydrogen) atoms. The molecule has 0 aliphatic carbocycles. The van der Waals surface area contributed by atoms with Crippen LogP contribution in [0, 0.1) is 10.1 Å². The summed E-state index contributed by atoms with van der Waals surface area (Å²) in [5.74, 6) is 0.999. The van der Waals surface area contributed by atoms with E-state index in [0.717, 1.165) is 16.8 Å². The monoisotopic (exact) mass is 588 g/mol. The average molecular weight is 588 g/mol. The number of ether oxygens (including phenoxy) is 3. The maximum absolute atomic E-state index is 13.4. The fourth-order valence-electron chi connectivity index (χ4n) is 4.45. The van der Waals surface area contributed by atoms with E-state index >= 15 is 0 Å². The van der Waals surface area contributed by atoms with Crippen molar-refractivity contribution < 1.29 is 32.3 Å². The lowest BCUT2D eigenvalue weighted by Gasteiger charge is -2.12. The van der Waals surface area contributed by atoms with Crippen molar-refractivity contribution in [2.24, 2.45) is 5.10 Å². The van der Waals surface area contributed by atoms with Crippen molar-refractivity contribution in [3.8, 4) is 28.6 Å². The van der Waals surface area contributed by atoms with Gasteiger partial charge in [0.25, 0.3) is 5.56 Å². The molecular formula is C30H19F3N4O6. The third kappa shape index (κ3) is 5.60. The number of alkyl halides is 3. The van der Waals surface area contributed by atoms with Crippen molar-refractivity contribution in [1.82, 2.24) is 9.66 Å². The Balaban J connectivity index is 1.35. The summed E-state index contributed by atoms with van der Waals surface area (Å²) in [7, 11) is 0. The lowest BCUT2D eigenvalue weighted by atomic mass is 10.1. The molecule has 0 unspecified atom stereocenters. The van der Waals surface area contributed by atoms with Gasteiger partial charge in [0.15, 0.2) is 23.1 Å². The lowest BCUT2D eigenvalue weighted by molar-refractivity contribution is -0.385. The first-order chi connectivity index (χ1) is 20.7. The number of benzene rings is 4. The van der Waals surface area contributed by atoms with E-state index in [1.807, 2.05) is 0 Å². The number of aromatic nitrogens is 2. The van der Waals surface area contributed by atoms with Crippen LogP contribution >= 0.6 is 0 Å². The molecule has 0 spiro atoms. The predicted octanol–water partition coefficient (Wildman–Crippen LogP) is 6.18. The van der Waals surface area contributed by atoms with Gasteiger partial charge in [-0.2, -0.15) is 22.9 Å². The second kappa shape index (κ2) is 10.9. The minimum Gasteiger partial charge on any atom is -0.482 e. The van der Waals surface area contributed by atoms with E-state index in [1.54, 1.807) is 36.4 Å². The first-order valence-electron chi connectivity index (χ1n) is 12.7. The number of nitrogens with zero attached hydrogens (tertiary/aromatic N) is 4. The highest BCUT2D eigenvalue weighted by Crippen LogP contribution is 2.34. The van der Waals surface area contributed by atoms with Gasteiger partial charge in [-0.05, 0) is 54.1 Å². The third-order valence-corrected chi connectivity index (χ3v) is 6.54. The maximum Gasteiger partial charge on any atom is 0.416 e. The molecule has 1 aliphatic heterocycles. The van der Waals surface area contributed by atoms with E-state index < -0.39 is 22.2 Å². The first kappa shape index (κ1) is 27.4. The topological polar surface area (TPSA) is 118 Å². The number of nitro groups is 1. The minimum atomic E-state index is -4.62. The van der Waals surface area contributed by atoms with Gasteiger partial charge in [-0.3, -0.25) is 14.9 Å². The third-order valence-electron chi connectivity index (χ3n) is 6.54. The second-order valence-corrected chi connectivity index (χ2v) is 9.35. The molecule has 13 heteroatoms. The number of halogens is 3. The molecule has 6 rings (SSSR count). The molecule has 216 valence electrons. The van der Waals surface area contributed by atoms with E-state index in [9.17, 15) is 28.1 Å². The standard InChI is InChI=1S/C30H19F3N4O6/c31-30(32,33)21-5-3-4-20(14-21)28-35-23-7-2-1-6-22(23)29(38)36(28)34-15-18-8-10-25(24(12-18)37(39)40)41-16-19-9-11-26-27(13-19)43-17-42-26/h1-15H,16-17H2. The fourth-order valence-corrected chi connectivity index (χ4v) is 4.45. The van der Waals surface area contributed by atoms with Crippen LogP contribution in [-0.2, 0) is 12.8 Å². The Morgan fingerprint density at radius 2 is 1.81 bits per heavy atom. The zero-order valence-corrected chi connectivity index (χ0v) is 21.9. The molecular weight excluding hydrogens is 569 g/mol. The molecule has 0 amide bonds. The predicted molar refractivity (Wildman–Crippen MR) is 149 cm³/mol. The summed E-state index contributed by atoms with van der Waals surface area (Å²) < 4.78 is 57.5. The summed E-state index contributed by atoms with van der Waals surface area (Å²) in [6.45, 7) is 0.125. The number of hydrogen-bond donors (Lipinski definition) is 0. The second-order valence-electron chi connectivity index (χ2n) is 9.35. The Labute approximate surface area is 240 Å². The van der Waals surface area contributed by atoms with Gasteiger partial charge in [0.05, 0.1) is 27.6 Å². The van der Waals surface area contributed by atoms with Crippen LogP contribution in [0.15, 0.2) is 94.8 Å². The van der Waals surface area contributed by atoms with E-state index in [0.29, 0.717) is 17.1 Å². The normalized spacial score (nSPS) is 12.6. The van der Waals surface area contributed by atoms with Crippen molar-refractivity contribution in [3.63, 3.8) is 0 Å². The van der Waals surface area contributed by atoms with E-state index in [1.165, 1.54) is 42.6 Å². The van der Waals surface area contributed by atoms with E-state index in [2.05, 4.69) is 10.1 Å². The van der Waals surface area contributed by atoms with Gasteiger partial charge in [0, 0.05) is 17.2 Å². The molecule has 1 aliphatic rings. The van der Waals surface area contributed by atoms with Crippen LogP contribution in [0.25, 0.3) is 22.3 Å². The molecule has 0 fully saturated rings. The molecule has 10 nitrogen and oxygen atoms in total. The Morgan fingerprint density at radius 3 is 2.63 bits per heavy atom. The first-order valence-corrected chi connectivity index (χ1v) is 12.7. The van der Waals surface area contributed by atoms with Gasteiger partial charge in [-0.1, -0.05) is 30.3 Å². The molecule has 0 N–H and O–H groups in total. The van der Waals surface area contributed by atoms with Crippen LogP contribution in [-0.4, -0.2) is 27.6 Å². The number of rotatable bonds is 7. The van der Waals surface area contributed by atoms with Crippen molar-refractivity contribution in [2.75, 3.05) is 6.79 Å². The Bertz CT molecular complexity index is 1970. The SMILES string of the molecule is O=c1c2ccccc2nc(-c2cccc(C(F)(F)F)c2)n1N=Cc1ccc(OCc2ccc3c(c2)OCO3)c([N+](=O)[O-])c1. The summed E-state index contributed by atoms with van der Waals surface area (Å²) in [5, 5.41) is 16.2. The van der Waals surface area contributed by atoms with Crippen molar-refractivity contribution in [1.29, 1.82) is 0 Å². The van der Waals surface area contributed by atoms with E-state index in [4.69, 9.17) is 14.2 Å². The molecule has 0 radical (unpaired) electrons. The van der Waals surface area contributed by atoms with Crippen LogP contribution in [0.5, 0.6) is 17.2 Å². The highest BCUT2D eigenvalue weighted by atomic mass is 19.4. The summed E-state index contributed by atoms with van der Waals surface area (Å²) in [6, 6.07) is 20.0. The molecule has 1 aromatic heterocycles. The van der Waals surface area contributed by atoms with Gasteiger partial charge >= 0.3 is 11.9 Å². The summed E-state index contributed by atoms with van der Waals surface area (Å²) in [5.41, 5.74) is -0.695. The van der Waals surface area contributed by atoms with Crippen LogP contribution in [0.4, 0.5) is 18.9 Å². The van der Waals surface area contributed by atoms with Gasteiger partial charge in [0.2, 0.25) is 6.79 Å². The summed E-state index contributed by atoms with van der Waals surface area (Å²) in [6.07, 6.45) is -3.43. The van der Waals surface area contributed by atoms with Crippen LogP contribution in [0.1, 0.15) is 16.7 Å². The molecule has 2 heterocycles. The highest BCUT2D eigenvalue weighted by molar-refractivity contribution is 5.83. The lowest BCUT2D eigenvalue weighted by Crippen LogP contribution is -2.20. The molecule has 5 aromatic rings. The van der Waals surface area contributed by atoms with Gasteiger partial charge in [-0.25, -0.2) is 4.98 Å². The quantitative estimate of drug-likeness (QED) is 0.127. The fraction of sp³-hybridized carbons (Fsp3) is 0.100. The molecule has 0 atom stereocenters. The number of nitro benzene ring substituents is 1. The molecule has 4 aromatic carbocycles. The van der Waals surface area contributed by atoms with Crippen LogP contribution in [0.3, 0.4) is 0 Å². The summed E-state index contributed by atoms with van der Waals surface area (Å²) >= 11 is 0. The van der Waals surface area contributed by atoms with Crippen molar-refractivity contribution in [2.45, 2.75) is 12.8 Å². The van der Waals surface area contributed by atoms with Gasteiger partial charge < -0.3 is 14.2 Å². The van der Waals surface area contributed by atoms with Crippen LogP contribution in [0.2, 0.25) is 0 Å². The van der Waals surface area contributed by atoms with Crippen LogP contribution < -0.4 is 19.8 Å². The Hall–Kier alpha value is -5.72. The van der Waals surface area contributed by atoms with E-state index in [-0.39, 0.29) is 52.7 Å². The number of fused-ring (bicyclic) bond motifs is 2. The average Bonchev–Trinajstić information content (AvgIpc) is 3.47. The Kier molecular flexibility index (Phi) is 6.98. The van der Waals surface area contributed by atoms with Gasteiger partial charge in [0.1, 0.15) is 6.61 Å². The Morgan fingerprint density at radius 1 is 1.00 bits per heavy atom. The van der Waals surface area contributed by atoms with Crippen molar-refractivity contribution in [3.05, 3.63) is 122 Å².